The highest BCUT2D eigenvalue weighted by molar-refractivity contribution is 7.98. The highest BCUT2D eigenvalue weighted by atomic mass is 32.2. The molecule has 0 radical (unpaired) electrons. The van der Waals surface area contributed by atoms with Crippen molar-refractivity contribution in [2.45, 2.75) is 24.1 Å². The molecule has 120 valence electrons. The van der Waals surface area contributed by atoms with Gasteiger partial charge in [0.05, 0.1) is 10.4 Å². The fraction of sp³-hybridized carbons (Fsp3) is 0.176. The van der Waals surface area contributed by atoms with Crippen LogP contribution in [0.2, 0.25) is 0 Å². The van der Waals surface area contributed by atoms with Gasteiger partial charge in [0.15, 0.2) is 0 Å². The van der Waals surface area contributed by atoms with Crippen LogP contribution in [0.5, 0.6) is 0 Å². The molecule has 24 heavy (non-hydrogen) atoms. The Morgan fingerprint density at radius 2 is 2.04 bits per heavy atom. The van der Waals surface area contributed by atoms with Crippen molar-refractivity contribution >= 4 is 23.0 Å². The number of rotatable bonds is 5. The predicted molar refractivity (Wildman–Crippen MR) is 91.9 cm³/mol. The van der Waals surface area contributed by atoms with Crippen molar-refractivity contribution < 1.29 is 4.92 Å². The summed E-state index contributed by atoms with van der Waals surface area (Å²) in [6.07, 6.45) is 2.77. The highest BCUT2D eigenvalue weighted by Gasteiger charge is 2.14. The zero-order chi connectivity index (χ0) is 17.1. The lowest BCUT2D eigenvalue weighted by molar-refractivity contribution is -0.384. The van der Waals surface area contributed by atoms with Gasteiger partial charge in [0.25, 0.3) is 5.69 Å². The third-order valence-electron chi connectivity index (χ3n) is 3.71. The number of hydrogen-bond donors (Lipinski definition) is 0. The Hall–Kier alpha value is -2.85. The molecule has 0 aliphatic heterocycles. The summed E-state index contributed by atoms with van der Waals surface area (Å²) in [4.78, 5) is 10.3. The normalized spacial score (nSPS) is 10.7. The number of nitriles is 1. The molecule has 3 rings (SSSR count). The molecule has 0 bridgehead atoms. The van der Waals surface area contributed by atoms with Gasteiger partial charge in [0.1, 0.15) is 16.7 Å². The number of pyridine rings is 1. The number of aromatic nitrogens is 2. The Morgan fingerprint density at radius 3 is 2.67 bits per heavy atom. The summed E-state index contributed by atoms with van der Waals surface area (Å²) in [5, 5.41) is 25.3. The van der Waals surface area contributed by atoms with Crippen molar-refractivity contribution in [3.8, 4) is 6.07 Å². The lowest BCUT2D eigenvalue weighted by Crippen LogP contribution is -1.89. The van der Waals surface area contributed by atoms with Crippen LogP contribution in [0.15, 0.2) is 47.6 Å². The van der Waals surface area contributed by atoms with Gasteiger partial charge < -0.3 is 0 Å². The molecule has 2 heterocycles. The van der Waals surface area contributed by atoms with E-state index in [-0.39, 0.29) is 5.69 Å². The number of hydrogen-bond acceptors (Lipinski definition) is 5. The Kier molecular flexibility index (Phi) is 4.49. The van der Waals surface area contributed by atoms with E-state index in [1.165, 1.54) is 23.9 Å². The fourth-order valence-corrected chi connectivity index (χ4v) is 3.30. The van der Waals surface area contributed by atoms with Crippen LogP contribution in [0.1, 0.15) is 23.6 Å². The Balaban J connectivity index is 1.84. The lowest BCUT2D eigenvalue weighted by atomic mass is 10.2. The molecule has 0 unspecified atom stereocenters. The average Bonchev–Trinajstić information content (AvgIpc) is 2.96. The molecule has 3 aromatic rings. The third-order valence-corrected chi connectivity index (χ3v) is 4.75. The van der Waals surface area contributed by atoms with Gasteiger partial charge >= 0.3 is 0 Å². The topological polar surface area (TPSA) is 84.2 Å². The zero-order valence-corrected chi connectivity index (χ0v) is 13.8. The van der Waals surface area contributed by atoms with E-state index in [0.29, 0.717) is 16.3 Å². The van der Waals surface area contributed by atoms with E-state index in [9.17, 15) is 15.4 Å². The van der Waals surface area contributed by atoms with Crippen LogP contribution in [-0.4, -0.2) is 14.5 Å². The second-order valence-electron chi connectivity index (χ2n) is 5.22. The number of thioether (sulfide) groups is 1. The van der Waals surface area contributed by atoms with E-state index in [0.717, 1.165) is 23.1 Å². The minimum Gasteiger partial charge on any atom is -0.258 e. The van der Waals surface area contributed by atoms with Gasteiger partial charge in [-0.3, -0.25) is 10.1 Å². The smallest absolute Gasteiger partial charge is 0.258 e. The summed E-state index contributed by atoms with van der Waals surface area (Å²) >= 11 is 1.45. The average molecular weight is 338 g/mol. The summed E-state index contributed by atoms with van der Waals surface area (Å²) < 4.78 is 1.72. The molecule has 0 saturated heterocycles. The summed E-state index contributed by atoms with van der Waals surface area (Å²) in [6.45, 7) is 2.07. The second kappa shape index (κ2) is 6.72. The van der Waals surface area contributed by atoms with Crippen LogP contribution in [-0.2, 0) is 12.2 Å². The summed E-state index contributed by atoms with van der Waals surface area (Å²) in [7, 11) is 0. The molecular formula is C17H14N4O2S. The van der Waals surface area contributed by atoms with Crippen molar-refractivity contribution in [2.24, 2.45) is 0 Å². The molecule has 1 aromatic carbocycles. The van der Waals surface area contributed by atoms with Crippen LogP contribution >= 0.6 is 11.8 Å². The lowest BCUT2D eigenvalue weighted by Gasteiger charge is -1.99. The summed E-state index contributed by atoms with van der Waals surface area (Å²) in [6, 6.07) is 12.6. The number of nitrogens with zero attached hydrogens (tertiary/aromatic N) is 4. The third kappa shape index (κ3) is 3.09. The van der Waals surface area contributed by atoms with Crippen molar-refractivity contribution in [3.63, 3.8) is 0 Å². The van der Waals surface area contributed by atoms with E-state index in [2.05, 4.69) is 18.1 Å². The van der Waals surface area contributed by atoms with Gasteiger partial charge in [-0.25, -0.2) is 4.52 Å². The van der Waals surface area contributed by atoms with Gasteiger partial charge in [0, 0.05) is 24.1 Å². The molecule has 7 heteroatoms. The molecule has 0 N–H and O–H groups in total. The SMILES string of the molecule is CCc1ccn2nc(SCc3ccc([N+](=O)[O-])cc3)c(C#N)c2c1. The number of aryl methyl sites for hydroxylation is 1. The minimum atomic E-state index is -0.419. The number of fused-ring (bicyclic) bond motifs is 1. The highest BCUT2D eigenvalue weighted by Crippen LogP contribution is 2.28. The summed E-state index contributed by atoms with van der Waals surface area (Å²) in [5.41, 5.74) is 3.55. The zero-order valence-electron chi connectivity index (χ0n) is 13.0. The molecule has 2 aromatic heterocycles. The van der Waals surface area contributed by atoms with E-state index < -0.39 is 4.92 Å². The number of benzene rings is 1. The summed E-state index contributed by atoms with van der Waals surface area (Å²) in [5.74, 6) is 0.594. The monoisotopic (exact) mass is 338 g/mol. The van der Waals surface area contributed by atoms with Crippen LogP contribution < -0.4 is 0 Å². The van der Waals surface area contributed by atoms with E-state index in [4.69, 9.17) is 0 Å². The quantitative estimate of drug-likeness (QED) is 0.399. The molecule has 0 aliphatic carbocycles. The minimum absolute atomic E-state index is 0.0706. The molecule has 0 fully saturated rings. The number of non-ortho nitro benzene ring substituents is 1. The van der Waals surface area contributed by atoms with Gasteiger partial charge in [-0.05, 0) is 29.7 Å². The first-order valence-electron chi connectivity index (χ1n) is 7.40. The van der Waals surface area contributed by atoms with Crippen LogP contribution in [0.4, 0.5) is 5.69 Å². The van der Waals surface area contributed by atoms with Gasteiger partial charge in [0.2, 0.25) is 0 Å². The Labute approximate surface area is 142 Å². The van der Waals surface area contributed by atoms with Crippen molar-refractivity contribution in [1.82, 2.24) is 9.61 Å². The van der Waals surface area contributed by atoms with Gasteiger partial charge in [-0.2, -0.15) is 10.4 Å². The van der Waals surface area contributed by atoms with Crippen LogP contribution in [0.25, 0.3) is 5.52 Å². The Bertz CT molecular complexity index is 942. The van der Waals surface area contributed by atoms with Crippen LogP contribution in [0, 0.1) is 21.4 Å². The number of nitro groups is 1. The van der Waals surface area contributed by atoms with Crippen molar-refractivity contribution in [2.75, 3.05) is 0 Å². The predicted octanol–water partition coefficient (Wildman–Crippen LogP) is 3.97. The molecule has 6 nitrogen and oxygen atoms in total. The van der Waals surface area contributed by atoms with Gasteiger partial charge in [-0.15, -0.1) is 0 Å². The van der Waals surface area contributed by atoms with Crippen LogP contribution in [0.3, 0.4) is 0 Å². The molecule has 0 saturated carbocycles. The Morgan fingerprint density at radius 1 is 1.29 bits per heavy atom. The molecule has 0 spiro atoms. The maximum atomic E-state index is 10.7. The molecule has 0 atom stereocenters. The van der Waals surface area contributed by atoms with Crippen molar-refractivity contribution in [1.29, 1.82) is 5.26 Å². The standard InChI is InChI=1S/C17H14N4O2S/c1-2-12-7-8-20-16(9-12)15(10-18)17(19-20)24-11-13-3-5-14(6-4-13)21(22)23/h3-9H,2,11H2,1H3. The molecule has 0 aliphatic rings. The molecule has 0 amide bonds. The van der Waals surface area contributed by atoms with E-state index >= 15 is 0 Å². The first kappa shape index (κ1) is 16.0. The first-order valence-corrected chi connectivity index (χ1v) is 8.38. The maximum absolute atomic E-state index is 10.7. The number of nitro benzene ring substituents is 1. The van der Waals surface area contributed by atoms with Crippen molar-refractivity contribution in [3.05, 3.63) is 69.4 Å². The molecular weight excluding hydrogens is 324 g/mol. The largest absolute Gasteiger partial charge is 0.269 e. The van der Waals surface area contributed by atoms with Gasteiger partial charge in [-0.1, -0.05) is 30.8 Å². The first-order chi connectivity index (χ1) is 11.6. The van der Waals surface area contributed by atoms with E-state index in [1.807, 2.05) is 18.3 Å². The van der Waals surface area contributed by atoms with E-state index in [1.54, 1.807) is 16.6 Å². The fourth-order valence-electron chi connectivity index (χ4n) is 2.36. The second-order valence-corrected chi connectivity index (χ2v) is 6.19. The maximum Gasteiger partial charge on any atom is 0.269 e.